The Labute approximate surface area is 200 Å². The number of aryl methyl sites for hydroxylation is 2. The van der Waals surface area contributed by atoms with Gasteiger partial charge in [0.2, 0.25) is 6.41 Å². The standard InChI is InChI=1S/C24H19Cl2N5O2/c1-14-12-27-21-17(20(14)30-24(33)29-16-7-4-3-5-8-16)9-6-10-19(21)31(13-32)22-18(25)11-15(2)28-23(22)26/h3-13H,1-2H3,(H2,27,29,30,33). The highest BCUT2D eigenvalue weighted by molar-refractivity contribution is 6.39. The Hall–Kier alpha value is -3.68. The molecule has 0 saturated carbocycles. The van der Waals surface area contributed by atoms with Gasteiger partial charge < -0.3 is 10.6 Å². The van der Waals surface area contributed by atoms with E-state index in [2.05, 4.69) is 20.6 Å². The molecule has 2 heterocycles. The van der Waals surface area contributed by atoms with Crippen LogP contribution in [0.25, 0.3) is 10.9 Å². The molecule has 2 aromatic heterocycles. The molecule has 4 aromatic rings. The molecule has 9 heteroatoms. The third kappa shape index (κ3) is 4.60. The number of anilines is 4. The number of para-hydroxylation sites is 2. The zero-order chi connectivity index (χ0) is 23.5. The molecule has 0 spiro atoms. The van der Waals surface area contributed by atoms with Crippen LogP contribution in [-0.2, 0) is 4.79 Å². The molecule has 7 nitrogen and oxygen atoms in total. The number of carbonyl (C=O) groups excluding carboxylic acids is 2. The van der Waals surface area contributed by atoms with Gasteiger partial charge in [0, 0.05) is 23.0 Å². The quantitative estimate of drug-likeness (QED) is 0.252. The smallest absolute Gasteiger partial charge is 0.308 e. The Balaban J connectivity index is 1.78. The number of benzene rings is 2. The summed E-state index contributed by atoms with van der Waals surface area (Å²) in [4.78, 5) is 34.8. The van der Waals surface area contributed by atoms with E-state index in [1.165, 1.54) is 4.90 Å². The summed E-state index contributed by atoms with van der Waals surface area (Å²) in [5, 5.41) is 6.72. The molecule has 0 atom stereocenters. The van der Waals surface area contributed by atoms with Gasteiger partial charge in [0.15, 0.2) is 5.15 Å². The lowest BCUT2D eigenvalue weighted by Gasteiger charge is -2.22. The largest absolute Gasteiger partial charge is 0.323 e. The minimum absolute atomic E-state index is 0.0943. The molecule has 0 unspecified atom stereocenters. The maximum atomic E-state index is 12.6. The van der Waals surface area contributed by atoms with Crippen molar-refractivity contribution >= 4 is 69.3 Å². The second-order valence-electron chi connectivity index (χ2n) is 7.29. The van der Waals surface area contributed by atoms with Crippen LogP contribution in [0.5, 0.6) is 0 Å². The highest BCUT2D eigenvalue weighted by atomic mass is 35.5. The van der Waals surface area contributed by atoms with E-state index in [1.807, 2.05) is 31.2 Å². The molecule has 3 amide bonds. The van der Waals surface area contributed by atoms with Crippen molar-refractivity contribution in [1.82, 2.24) is 9.97 Å². The van der Waals surface area contributed by atoms with Crippen molar-refractivity contribution in [3.63, 3.8) is 0 Å². The molecular formula is C24H19Cl2N5O2. The number of aromatic nitrogens is 2. The molecule has 2 aromatic carbocycles. The average molecular weight is 480 g/mol. The molecule has 0 aliphatic heterocycles. The van der Waals surface area contributed by atoms with Gasteiger partial charge in [-0.3, -0.25) is 14.7 Å². The van der Waals surface area contributed by atoms with E-state index in [9.17, 15) is 9.59 Å². The second kappa shape index (κ2) is 9.44. The molecular weight excluding hydrogens is 461 g/mol. The molecule has 0 radical (unpaired) electrons. The van der Waals surface area contributed by atoms with E-state index in [-0.39, 0.29) is 15.9 Å². The molecule has 0 fully saturated rings. The van der Waals surface area contributed by atoms with E-state index in [0.717, 1.165) is 5.56 Å². The average Bonchev–Trinajstić information content (AvgIpc) is 2.78. The van der Waals surface area contributed by atoms with Gasteiger partial charge in [-0.2, -0.15) is 0 Å². The summed E-state index contributed by atoms with van der Waals surface area (Å²) in [6, 6.07) is 15.6. The number of nitrogens with one attached hydrogen (secondary N) is 2. The maximum absolute atomic E-state index is 12.6. The first-order valence-electron chi connectivity index (χ1n) is 9.97. The zero-order valence-electron chi connectivity index (χ0n) is 17.8. The normalized spacial score (nSPS) is 10.7. The van der Waals surface area contributed by atoms with Crippen molar-refractivity contribution in [3.8, 4) is 0 Å². The summed E-state index contributed by atoms with van der Waals surface area (Å²) in [5.41, 5.74) is 3.80. The number of hydrogen-bond donors (Lipinski definition) is 2. The van der Waals surface area contributed by atoms with E-state index in [0.29, 0.717) is 40.1 Å². The van der Waals surface area contributed by atoms with Gasteiger partial charge in [-0.15, -0.1) is 0 Å². The lowest BCUT2D eigenvalue weighted by atomic mass is 10.1. The van der Waals surface area contributed by atoms with E-state index in [4.69, 9.17) is 23.2 Å². The molecule has 0 aliphatic rings. The molecule has 4 rings (SSSR count). The maximum Gasteiger partial charge on any atom is 0.323 e. The van der Waals surface area contributed by atoms with Crippen molar-refractivity contribution in [3.05, 3.63) is 82.2 Å². The number of rotatable bonds is 5. The van der Waals surface area contributed by atoms with Crippen molar-refractivity contribution in [2.24, 2.45) is 0 Å². The van der Waals surface area contributed by atoms with Gasteiger partial charge in [-0.05, 0) is 43.7 Å². The summed E-state index contributed by atoms with van der Waals surface area (Å²) in [5.74, 6) is 0. The van der Waals surface area contributed by atoms with Crippen LogP contribution in [0.4, 0.5) is 27.5 Å². The summed E-state index contributed by atoms with van der Waals surface area (Å²) in [7, 11) is 0. The van der Waals surface area contributed by atoms with Crippen LogP contribution in [0.1, 0.15) is 11.3 Å². The predicted molar refractivity (Wildman–Crippen MR) is 133 cm³/mol. The van der Waals surface area contributed by atoms with Gasteiger partial charge >= 0.3 is 6.03 Å². The summed E-state index contributed by atoms with van der Waals surface area (Å²) in [6.45, 7) is 3.60. The van der Waals surface area contributed by atoms with Crippen LogP contribution in [0.2, 0.25) is 10.2 Å². The van der Waals surface area contributed by atoms with E-state index < -0.39 is 6.03 Å². The van der Waals surface area contributed by atoms with Crippen LogP contribution < -0.4 is 15.5 Å². The van der Waals surface area contributed by atoms with Crippen molar-refractivity contribution in [1.29, 1.82) is 0 Å². The SMILES string of the molecule is Cc1cc(Cl)c(N(C=O)c2cccc3c(NC(=O)Nc4ccccc4)c(C)cnc23)c(Cl)n1. The zero-order valence-corrected chi connectivity index (χ0v) is 19.3. The number of amides is 3. The molecule has 166 valence electrons. The monoisotopic (exact) mass is 479 g/mol. The van der Waals surface area contributed by atoms with Gasteiger partial charge in [0.25, 0.3) is 0 Å². The number of urea groups is 1. The van der Waals surface area contributed by atoms with E-state index in [1.54, 1.807) is 43.5 Å². The van der Waals surface area contributed by atoms with Gasteiger partial charge in [-0.1, -0.05) is 53.5 Å². The molecule has 0 bridgehead atoms. The number of pyridine rings is 2. The fourth-order valence-electron chi connectivity index (χ4n) is 3.50. The fourth-order valence-corrected chi connectivity index (χ4v) is 4.21. The van der Waals surface area contributed by atoms with Gasteiger partial charge in [0.05, 0.1) is 21.9 Å². The van der Waals surface area contributed by atoms with Crippen LogP contribution in [0.3, 0.4) is 0 Å². The predicted octanol–water partition coefficient (Wildman–Crippen LogP) is 6.49. The minimum Gasteiger partial charge on any atom is -0.308 e. The summed E-state index contributed by atoms with van der Waals surface area (Å²) >= 11 is 12.7. The Morgan fingerprint density at radius 2 is 1.79 bits per heavy atom. The summed E-state index contributed by atoms with van der Waals surface area (Å²) in [6.07, 6.45) is 2.24. The van der Waals surface area contributed by atoms with Crippen LogP contribution >= 0.6 is 23.2 Å². The molecule has 0 saturated heterocycles. The third-order valence-corrected chi connectivity index (χ3v) is 5.53. The van der Waals surface area contributed by atoms with Crippen LogP contribution in [-0.4, -0.2) is 22.4 Å². The lowest BCUT2D eigenvalue weighted by Crippen LogP contribution is -2.20. The van der Waals surface area contributed by atoms with Crippen LogP contribution in [0, 0.1) is 13.8 Å². The first-order chi connectivity index (χ1) is 15.9. The number of nitrogens with zero attached hydrogens (tertiary/aromatic N) is 3. The minimum atomic E-state index is -0.400. The number of fused-ring (bicyclic) bond motifs is 1. The summed E-state index contributed by atoms with van der Waals surface area (Å²) < 4.78 is 0. The highest BCUT2D eigenvalue weighted by Crippen LogP contribution is 2.40. The first kappa shape index (κ1) is 22.5. The Morgan fingerprint density at radius 3 is 2.48 bits per heavy atom. The van der Waals surface area contributed by atoms with Crippen molar-refractivity contribution in [2.45, 2.75) is 13.8 Å². The van der Waals surface area contributed by atoms with Crippen LogP contribution in [0.15, 0.2) is 60.8 Å². The van der Waals surface area contributed by atoms with Gasteiger partial charge in [-0.25, -0.2) is 9.78 Å². The lowest BCUT2D eigenvalue weighted by molar-refractivity contribution is -0.106. The molecule has 2 N–H and O–H groups in total. The first-order valence-corrected chi connectivity index (χ1v) is 10.7. The Kier molecular flexibility index (Phi) is 6.44. The highest BCUT2D eigenvalue weighted by Gasteiger charge is 2.21. The van der Waals surface area contributed by atoms with Crippen molar-refractivity contribution < 1.29 is 9.59 Å². The number of carbonyl (C=O) groups is 2. The molecule has 0 aliphatic carbocycles. The molecule has 33 heavy (non-hydrogen) atoms. The Morgan fingerprint density at radius 1 is 1.03 bits per heavy atom. The third-order valence-electron chi connectivity index (χ3n) is 4.97. The topological polar surface area (TPSA) is 87.2 Å². The fraction of sp³-hybridized carbons (Fsp3) is 0.0833. The Bertz CT molecular complexity index is 1340. The van der Waals surface area contributed by atoms with Crippen molar-refractivity contribution in [2.75, 3.05) is 15.5 Å². The second-order valence-corrected chi connectivity index (χ2v) is 8.06. The number of halogens is 2. The van der Waals surface area contributed by atoms with E-state index >= 15 is 0 Å². The van der Waals surface area contributed by atoms with Gasteiger partial charge in [0.1, 0.15) is 5.69 Å². The number of hydrogen-bond acceptors (Lipinski definition) is 4.